The average Bonchev–Trinajstić information content (AvgIpc) is 2.91. The minimum absolute atomic E-state index is 0.175. The fourth-order valence-electron chi connectivity index (χ4n) is 1.96. The molecule has 0 aliphatic heterocycles. The first-order valence-corrected chi connectivity index (χ1v) is 6.83. The third kappa shape index (κ3) is 2.21. The van der Waals surface area contributed by atoms with Crippen molar-refractivity contribution in [1.29, 1.82) is 0 Å². The molecule has 0 saturated carbocycles. The second kappa shape index (κ2) is 4.90. The second-order valence-electron chi connectivity index (χ2n) is 4.32. The van der Waals surface area contributed by atoms with Crippen molar-refractivity contribution in [1.82, 2.24) is 15.0 Å². The Morgan fingerprint density at radius 3 is 2.85 bits per heavy atom. The number of hydrogen-bond donors (Lipinski definition) is 2. The van der Waals surface area contributed by atoms with Crippen LogP contribution in [0.5, 0.6) is 5.88 Å². The molecule has 0 saturated heterocycles. The van der Waals surface area contributed by atoms with Crippen LogP contribution in [0.25, 0.3) is 22.0 Å². The van der Waals surface area contributed by atoms with Crippen LogP contribution in [0.4, 0.5) is 0 Å². The normalized spacial score (nSPS) is 10.7. The summed E-state index contributed by atoms with van der Waals surface area (Å²) in [5, 5.41) is 12.4. The Bertz CT molecular complexity index is 810. The molecule has 0 fully saturated rings. The van der Waals surface area contributed by atoms with E-state index in [1.165, 1.54) is 11.3 Å². The van der Waals surface area contributed by atoms with Gasteiger partial charge < -0.3 is 10.1 Å². The topological polar surface area (TPSA) is 78.9 Å². The minimum Gasteiger partial charge on any atom is -0.493 e. The number of thiazole rings is 1. The molecule has 0 spiro atoms. The van der Waals surface area contributed by atoms with E-state index in [1.807, 2.05) is 25.1 Å². The van der Waals surface area contributed by atoms with Gasteiger partial charge in [0.25, 0.3) is 5.56 Å². The van der Waals surface area contributed by atoms with Crippen molar-refractivity contribution in [3.05, 3.63) is 51.8 Å². The molecule has 1 aromatic carbocycles. The van der Waals surface area contributed by atoms with Crippen molar-refractivity contribution in [3.8, 4) is 27.8 Å². The number of benzene rings is 1. The van der Waals surface area contributed by atoms with E-state index in [-0.39, 0.29) is 22.8 Å². The van der Waals surface area contributed by atoms with E-state index in [2.05, 4.69) is 15.0 Å². The standard InChI is InChI=1S/C14H11N3O2S/c1-8-3-2-4-9(7-8)10-12(18)16-11(17-13(10)19)14-15-5-6-20-14/h2-7H,1H3,(H2,16,17,18,19). The van der Waals surface area contributed by atoms with Crippen molar-refractivity contribution in [2.45, 2.75) is 6.92 Å². The Hall–Kier alpha value is -2.47. The number of rotatable bonds is 2. The van der Waals surface area contributed by atoms with Crippen molar-refractivity contribution < 1.29 is 5.11 Å². The summed E-state index contributed by atoms with van der Waals surface area (Å²) in [4.78, 5) is 22.9. The SMILES string of the molecule is Cc1cccc(-c2c(O)nc(-c3nccs3)[nH]c2=O)c1. The largest absolute Gasteiger partial charge is 0.493 e. The zero-order valence-electron chi connectivity index (χ0n) is 10.6. The first-order valence-electron chi connectivity index (χ1n) is 5.95. The van der Waals surface area contributed by atoms with Gasteiger partial charge in [0.2, 0.25) is 5.88 Å². The van der Waals surface area contributed by atoms with E-state index in [9.17, 15) is 9.90 Å². The maximum atomic E-state index is 12.2. The fraction of sp³-hybridized carbons (Fsp3) is 0.0714. The van der Waals surface area contributed by atoms with E-state index >= 15 is 0 Å². The molecule has 3 aromatic rings. The molecule has 3 rings (SSSR count). The van der Waals surface area contributed by atoms with Gasteiger partial charge in [-0.25, -0.2) is 4.98 Å². The van der Waals surface area contributed by atoms with Gasteiger partial charge in [-0.15, -0.1) is 11.3 Å². The molecule has 100 valence electrons. The quantitative estimate of drug-likeness (QED) is 0.758. The van der Waals surface area contributed by atoms with Crippen molar-refractivity contribution in [3.63, 3.8) is 0 Å². The van der Waals surface area contributed by atoms with Gasteiger partial charge in [-0.3, -0.25) is 4.79 Å². The van der Waals surface area contributed by atoms with Crippen LogP contribution in [-0.4, -0.2) is 20.1 Å². The summed E-state index contributed by atoms with van der Waals surface area (Å²) in [5.74, 6) is -0.0107. The average molecular weight is 285 g/mol. The van der Waals surface area contributed by atoms with Crippen LogP contribution < -0.4 is 5.56 Å². The monoisotopic (exact) mass is 285 g/mol. The van der Waals surface area contributed by atoms with Crippen LogP contribution in [0, 0.1) is 6.92 Å². The van der Waals surface area contributed by atoms with Crippen molar-refractivity contribution >= 4 is 11.3 Å². The molecule has 0 aliphatic carbocycles. The van der Waals surface area contributed by atoms with Gasteiger partial charge in [-0.05, 0) is 12.5 Å². The second-order valence-corrected chi connectivity index (χ2v) is 5.21. The predicted molar refractivity (Wildman–Crippen MR) is 77.8 cm³/mol. The van der Waals surface area contributed by atoms with E-state index in [4.69, 9.17) is 0 Å². The zero-order valence-corrected chi connectivity index (χ0v) is 11.4. The van der Waals surface area contributed by atoms with Gasteiger partial charge in [0.15, 0.2) is 10.8 Å². The number of aromatic nitrogens is 3. The molecule has 2 N–H and O–H groups in total. The molecule has 0 bridgehead atoms. The molecule has 6 heteroatoms. The van der Waals surface area contributed by atoms with Crippen molar-refractivity contribution in [2.75, 3.05) is 0 Å². The van der Waals surface area contributed by atoms with Crippen LogP contribution in [0.2, 0.25) is 0 Å². The molecule has 5 nitrogen and oxygen atoms in total. The summed E-state index contributed by atoms with van der Waals surface area (Å²) >= 11 is 1.34. The van der Waals surface area contributed by atoms with Crippen molar-refractivity contribution in [2.24, 2.45) is 0 Å². The maximum absolute atomic E-state index is 12.2. The first-order chi connectivity index (χ1) is 9.65. The van der Waals surface area contributed by atoms with E-state index < -0.39 is 0 Å². The first kappa shape index (κ1) is 12.6. The van der Waals surface area contributed by atoms with E-state index in [0.29, 0.717) is 10.6 Å². The summed E-state index contributed by atoms with van der Waals surface area (Å²) in [7, 11) is 0. The fourth-order valence-corrected chi connectivity index (χ4v) is 2.54. The number of nitrogens with zero attached hydrogens (tertiary/aromatic N) is 2. The third-order valence-electron chi connectivity index (χ3n) is 2.84. The molecular formula is C14H11N3O2S. The van der Waals surface area contributed by atoms with Crippen LogP contribution in [0.3, 0.4) is 0 Å². The molecule has 0 radical (unpaired) electrons. The highest BCUT2D eigenvalue weighted by Gasteiger charge is 2.14. The van der Waals surface area contributed by atoms with Crippen LogP contribution in [0.15, 0.2) is 40.6 Å². The van der Waals surface area contributed by atoms with Crippen LogP contribution in [0.1, 0.15) is 5.56 Å². The van der Waals surface area contributed by atoms with Gasteiger partial charge in [0.1, 0.15) is 5.56 Å². The molecule has 0 aliphatic rings. The lowest BCUT2D eigenvalue weighted by Gasteiger charge is -2.05. The molecule has 0 unspecified atom stereocenters. The highest BCUT2D eigenvalue weighted by Crippen LogP contribution is 2.26. The van der Waals surface area contributed by atoms with Gasteiger partial charge in [0.05, 0.1) is 0 Å². The summed E-state index contributed by atoms with van der Waals surface area (Å²) in [5.41, 5.74) is 1.44. The Balaban J connectivity index is 2.17. The molecule has 0 amide bonds. The summed E-state index contributed by atoms with van der Waals surface area (Å²) in [6, 6.07) is 7.35. The number of hydrogen-bond acceptors (Lipinski definition) is 5. The van der Waals surface area contributed by atoms with Gasteiger partial charge >= 0.3 is 0 Å². The Morgan fingerprint density at radius 1 is 1.35 bits per heavy atom. The summed E-state index contributed by atoms with van der Waals surface area (Å²) in [6.45, 7) is 1.92. The maximum Gasteiger partial charge on any atom is 0.263 e. The zero-order chi connectivity index (χ0) is 14.1. The number of H-pyrrole nitrogens is 1. The Kier molecular flexibility index (Phi) is 3.08. The minimum atomic E-state index is -0.381. The summed E-state index contributed by atoms with van der Waals surface area (Å²) in [6.07, 6.45) is 1.62. The molecule has 0 atom stereocenters. The smallest absolute Gasteiger partial charge is 0.263 e. The molecule has 2 aromatic heterocycles. The lowest BCUT2D eigenvalue weighted by atomic mass is 10.1. The Morgan fingerprint density at radius 2 is 2.20 bits per heavy atom. The lowest BCUT2D eigenvalue weighted by molar-refractivity contribution is 0.454. The lowest BCUT2D eigenvalue weighted by Crippen LogP contribution is -2.12. The highest BCUT2D eigenvalue weighted by atomic mass is 32.1. The molecule has 20 heavy (non-hydrogen) atoms. The highest BCUT2D eigenvalue weighted by molar-refractivity contribution is 7.12. The molecular weight excluding hydrogens is 274 g/mol. The Labute approximate surface area is 118 Å². The number of aromatic hydroxyl groups is 1. The van der Waals surface area contributed by atoms with Gasteiger partial charge in [-0.2, -0.15) is 4.98 Å². The van der Waals surface area contributed by atoms with Gasteiger partial charge in [-0.1, -0.05) is 29.8 Å². The number of nitrogens with one attached hydrogen (secondary N) is 1. The number of aryl methyl sites for hydroxylation is 1. The van der Waals surface area contributed by atoms with Crippen LogP contribution >= 0.6 is 11.3 Å². The van der Waals surface area contributed by atoms with Crippen LogP contribution in [-0.2, 0) is 0 Å². The number of aromatic amines is 1. The summed E-state index contributed by atoms with van der Waals surface area (Å²) < 4.78 is 0. The van der Waals surface area contributed by atoms with Gasteiger partial charge in [0, 0.05) is 11.6 Å². The molecule has 2 heterocycles. The predicted octanol–water partition coefficient (Wildman–Crippen LogP) is 2.57. The van der Waals surface area contributed by atoms with E-state index in [0.717, 1.165) is 5.56 Å². The third-order valence-corrected chi connectivity index (χ3v) is 3.62. The van der Waals surface area contributed by atoms with E-state index in [1.54, 1.807) is 17.6 Å².